The molecule has 0 saturated carbocycles. The molecule has 206 valence electrons. The van der Waals surface area contributed by atoms with Crippen LogP contribution in [0, 0.1) is 10.1 Å². The molecule has 0 bridgehead atoms. The molecular formula is C27H23N3O9S. The van der Waals surface area contributed by atoms with Crippen molar-refractivity contribution < 1.29 is 38.2 Å². The van der Waals surface area contributed by atoms with E-state index in [0.717, 1.165) is 11.6 Å². The molecule has 3 aromatic carbocycles. The van der Waals surface area contributed by atoms with Gasteiger partial charge in [0.1, 0.15) is 23.0 Å². The highest BCUT2D eigenvalue weighted by molar-refractivity contribution is 8.03. The molecule has 1 aromatic heterocycles. The van der Waals surface area contributed by atoms with Crippen LogP contribution in [0.1, 0.15) is 11.1 Å². The zero-order valence-corrected chi connectivity index (χ0v) is 22.3. The predicted molar refractivity (Wildman–Crippen MR) is 145 cm³/mol. The Balaban J connectivity index is 1.64. The number of nitrogens with zero attached hydrogens (tertiary/aromatic N) is 3. The maximum Gasteiger partial charge on any atom is 0.342 e. The number of methoxy groups -OCH3 is 3. The third-order valence-electron chi connectivity index (χ3n) is 5.45. The van der Waals surface area contributed by atoms with Crippen molar-refractivity contribution >= 4 is 29.5 Å². The van der Waals surface area contributed by atoms with Crippen molar-refractivity contribution in [3.63, 3.8) is 0 Å². The summed E-state index contributed by atoms with van der Waals surface area (Å²) in [5, 5.41) is 29.5. The summed E-state index contributed by atoms with van der Waals surface area (Å²) in [5.74, 6) is 0.0442. The van der Waals surface area contributed by atoms with E-state index in [2.05, 4.69) is 10.2 Å². The highest BCUT2D eigenvalue weighted by Gasteiger charge is 2.23. The van der Waals surface area contributed by atoms with E-state index in [9.17, 15) is 20.0 Å². The molecule has 0 aliphatic heterocycles. The number of carbonyl (C=O) groups is 1. The lowest BCUT2D eigenvalue weighted by Crippen LogP contribution is -2.02. The van der Waals surface area contributed by atoms with Crippen LogP contribution < -0.4 is 18.9 Å². The van der Waals surface area contributed by atoms with Crippen molar-refractivity contribution in [1.82, 2.24) is 10.2 Å². The maximum absolute atomic E-state index is 12.1. The second-order valence-corrected chi connectivity index (χ2v) is 8.98. The minimum atomic E-state index is -1.36. The van der Waals surface area contributed by atoms with Crippen LogP contribution in [0.4, 0.5) is 5.69 Å². The molecule has 0 amide bonds. The number of aromatic nitrogens is 2. The number of benzene rings is 3. The van der Waals surface area contributed by atoms with E-state index < -0.39 is 10.9 Å². The average molecular weight is 566 g/mol. The molecule has 0 saturated heterocycles. The van der Waals surface area contributed by atoms with Crippen molar-refractivity contribution in [2.75, 3.05) is 21.3 Å². The minimum Gasteiger partial charge on any atom is -0.497 e. The Kier molecular flexibility index (Phi) is 8.86. The van der Waals surface area contributed by atoms with Crippen LogP contribution in [0.15, 0.2) is 75.2 Å². The van der Waals surface area contributed by atoms with Crippen LogP contribution in [-0.2, 0) is 11.4 Å². The van der Waals surface area contributed by atoms with Gasteiger partial charge in [-0.15, -0.1) is 10.2 Å². The average Bonchev–Trinajstić information content (AvgIpc) is 3.44. The second-order valence-electron chi connectivity index (χ2n) is 7.98. The standard InChI is InChI=1S/C27H23N3O9S/c1-35-19-9-18(10-20(13-19)36-2)25-28-29-27(39-25)40-24(26(31)32)12-17-11-22(37-3)23(14-21(17)30(33)34)38-15-16-7-5-4-6-8-16/h4-14H,15H2,1-3H3,(H,31,32)/b24-12-. The number of hydrogen-bond acceptors (Lipinski definition) is 11. The normalized spacial score (nSPS) is 11.1. The van der Waals surface area contributed by atoms with Crippen LogP contribution in [0.2, 0.25) is 0 Å². The SMILES string of the molecule is COc1cc(OC)cc(-c2nnc(S/C(=C\c3cc(OC)c(OCc4ccccc4)cc3[N+](=O)[O-])C(=O)O)o2)c1. The summed E-state index contributed by atoms with van der Waals surface area (Å²) in [7, 11) is 4.37. The summed E-state index contributed by atoms with van der Waals surface area (Å²) in [6, 6.07) is 16.7. The van der Waals surface area contributed by atoms with Gasteiger partial charge in [0, 0.05) is 11.6 Å². The first kappa shape index (κ1) is 28.0. The number of thioether (sulfide) groups is 1. The zero-order chi connectivity index (χ0) is 28.6. The van der Waals surface area contributed by atoms with Gasteiger partial charge in [-0.1, -0.05) is 30.3 Å². The number of carboxylic acids is 1. The van der Waals surface area contributed by atoms with Crippen molar-refractivity contribution in [1.29, 1.82) is 0 Å². The Morgan fingerprint density at radius 1 is 1.00 bits per heavy atom. The number of nitro groups is 1. The quantitative estimate of drug-likeness (QED) is 0.100. The summed E-state index contributed by atoms with van der Waals surface area (Å²) < 4.78 is 27.3. The van der Waals surface area contributed by atoms with Gasteiger partial charge in [-0.3, -0.25) is 10.1 Å². The van der Waals surface area contributed by atoms with Gasteiger partial charge in [0.2, 0.25) is 5.89 Å². The maximum atomic E-state index is 12.1. The van der Waals surface area contributed by atoms with Crippen molar-refractivity contribution in [2.45, 2.75) is 11.8 Å². The number of rotatable bonds is 12. The molecule has 0 aliphatic carbocycles. The van der Waals surface area contributed by atoms with E-state index in [0.29, 0.717) is 28.8 Å². The van der Waals surface area contributed by atoms with Gasteiger partial charge in [0.25, 0.3) is 10.9 Å². The fraction of sp³-hybridized carbons (Fsp3) is 0.148. The Bertz CT molecular complexity index is 1530. The monoisotopic (exact) mass is 565 g/mol. The molecule has 0 fully saturated rings. The van der Waals surface area contributed by atoms with Gasteiger partial charge in [-0.05, 0) is 41.6 Å². The van der Waals surface area contributed by atoms with E-state index in [1.807, 2.05) is 30.3 Å². The Labute approximate surface area is 232 Å². The van der Waals surface area contributed by atoms with Gasteiger partial charge < -0.3 is 28.5 Å². The molecule has 40 heavy (non-hydrogen) atoms. The fourth-order valence-electron chi connectivity index (χ4n) is 3.52. The van der Waals surface area contributed by atoms with Crippen LogP contribution in [0.25, 0.3) is 17.5 Å². The van der Waals surface area contributed by atoms with Gasteiger partial charge >= 0.3 is 5.97 Å². The van der Waals surface area contributed by atoms with Crippen LogP contribution in [-0.4, -0.2) is 47.5 Å². The number of nitro benzene ring substituents is 1. The molecule has 1 N–H and O–H groups in total. The number of carboxylic acid groups (broad SMARTS) is 1. The molecule has 0 aliphatic rings. The Morgan fingerprint density at radius 2 is 1.70 bits per heavy atom. The first-order valence-electron chi connectivity index (χ1n) is 11.5. The largest absolute Gasteiger partial charge is 0.497 e. The van der Waals surface area contributed by atoms with E-state index in [-0.39, 0.29) is 45.4 Å². The van der Waals surface area contributed by atoms with Gasteiger partial charge in [-0.25, -0.2) is 4.79 Å². The lowest BCUT2D eigenvalue weighted by molar-refractivity contribution is -0.385. The Hall–Kier alpha value is -5.04. The van der Waals surface area contributed by atoms with E-state index in [4.69, 9.17) is 23.4 Å². The van der Waals surface area contributed by atoms with Crippen molar-refractivity contribution in [2.24, 2.45) is 0 Å². The third-order valence-corrected chi connectivity index (χ3v) is 6.30. The molecule has 0 radical (unpaired) electrons. The molecule has 12 nitrogen and oxygen atoms in total. The summed E-state index contributed by atoms with van der Waals surface area (Å²) >= 11 is 0.637. The van der Waals surface area contributed by atoms with Crippen molar-refractivity contribution in [3.8, 4) is 34.5 Å². The lowest BCUT2D eigenvalue weighted by atomic mass is 10.1. The zero-order valence-electron chi connectivity index (χ0n) is 21.5. The van der Waals surface area contributed by atoms with Gasteiger partial charge in [0.05, 0.1) is 37.9 Å². The summed E-state index contributed by atoms with van der Waals surface area (Å²) in [6.45, 7) is 0.151. The highest BCUT2D eigenvalue weighted by atomic mass is 32.2. The molecule has 4 aromatic rings. The predicted octanol–water partition coefficient (Wildman–Crippen LogP) is 5.47. The van der Waals surface area contributed by atoms with Crippen LogP contribution >= 0.6 is 11.8 Å². The van der Waals surface area contributed by atoms with Crippen LogP contribution in [0.3, 0.4) is 0 Å². The summed E-state index contributed by atoms with van der Waals surface area (Å²) in [5.41, 5.74) is 0.948. The second kappa shape index (κ2) is 12.7. The van der Waals surface area contributed by atoms with Crippen LogP contribution in [0.5, 0.6) is 23.0 Å². The fourth-order valence-corrected chi connectivity index (χ4v) is 4.18. The molecule has 0 unspecified atom stereocenters. The number of hydrogen-bond donors (Lipinski definition) is 1. The van der Waals surface area contributed by atoms with E-state index >= 15 is 0 Å². The first-order chi connectivity index (χ1) is 19.3. The minimum absolute atomic E-state index is 0.0175. The highest BCUT2D eigenvalue weighted by Crippen LogP contribution is 2.38. The molecule has 0 atom stereocenters. The topological polar surface area (TPSA) is 156 Å². The third kappa shape index (κ3) is 6.69. The van der Waals surface area contributed by atoms with E-state index in [1.165, 1.54) is 33.5 Å². The number of ether oxygens (including phenoxy) is 4. The molecular weight excluding hydrogens is 542 g/mol. The molecule has 1 heterocycles. The molecule has 13 heteroatoms. The Morgan fingerprint density at radius 3 is 2.30 bits per heavy atom. The first-order valence-corrected chi connectivity index (χ1v) is 12.4. The summed E-state index contributed by atoms with van der Waals surface area (Å²) in [4.78, 5) is 23.0. The van der Waals surface area contributed by atoms with Gasteiger partial charge in [-0.2, -0.15) is 0 Å². The van der Waals surface area contributed by atoms with E-state index in [1.54, 1.807) is 18.2 Å². The molecule has 4 rings (SSSR count). The number of aliphatic carboxylic acids is 1. The molecule has 0 spiro atoms. The lowest BCUT2D eigenvalue weighted by Gasteiger charge is -2.12. The smallest absolute Gasteiger partial charge is 0.342 e. The summed E-state index contributed by atoms with van der Waals surface area (Å²) in [6.07, 6.45) is 1.13. The van der Waals surface area contributed by atoms with Crippen molar-refractivity contribution in [3.05, 3.63) is 86.8 Å². The van der Waals surface area contributed by atoms with Gasteiger partial charge in [0.15, 0.2) is 11.5 Å².